The second-order valence-electron chi connectivity index (χ2n) is 5.66. The molecule has 0 radical (unpaired) electrons. The third kappa shape index (κ3) is 4.53. The van der Waals surface area contributed by atoms with Crippen LogP contribution in [0.3, 0.4) is 0 Å². The molecule has 3 N–H and O–H groups in total. The molecule has 3 rings (SSSR count). The Kier molecular flexibility index (Phi) is 6.57. The zero-order valence-corrected chi connectivity index (χ0v) is 14.6. The van der Waals surface area contributed by atoms with E-state index in [4.69, 9.17) is 5.73 Å². The van der Waals surface area contributed by atoms with E-state index >= 15 is 0 Å². The highest BCUT2D eigenvalue weighted by Gasteiger charge is 2.15. The Bertz CT molecular complexity index is 629. The first kappa shape index (κ1) is 17.9. The van der Waals surface area contributed by atoms with Gasteiger partial charge < -0.3 is 5.73 Å². The predicted molar refractivity (Wildman–Crippen MR) is 97.5 cm³/mol. The Labute approximate surface area is 146 Å². The number of nitrogens with zero attached hydrogens (tertiary/aromatic N) is 1. The molecule has 1 aromatic heterocycles. The van der Waals surface area contributed by atoms with Crippen molar-refractivity contribution in [3.8, 4) is 0 Å². The molecular weight excluding hydrogens is 330 g/mol. The van der Waals surface area contributed by atoms with E-state index in [0.717, 1.165) is 23.5 Å². The summed E-state index contributed by atoms with van der Waals surface area (Å²) >= 11 is 1.63. The van der Waals surface area contributed by atoms with Crippen LogP contribution in [0.15, 0.2) is 24.3 Å². The van der Waals surface area contributed by atoms with E-state index in [9.17, 15) is 4.79 Å². The lowest BCUT2D eigenvalue weighted by molar-refractivity contribution is 0.102. The topological polar surface area (TPSA) is 68.0 Å². The van der Waals surface area contributed by atoms with Crippen molar-refractivity contribution in [2.45, 2.75) is 45.1 Å². The lowest BCUT2D eigenvalue weighted by Crippen LogP contribution is -2.12. The number of fused-ring (bicyclic) bond motifs is 1. The summed E-state index contributed by atoms with van der Waals surface area (Å²) in [4.78, 5) is 18.2. The number of aryl methyl sites for hydroxylation is 2. The highest BCUT2D eigenvalue weighted by atomic mass is 35.5. The molecule has 0 atom stereocenters. The average Bonchev–Trinajstić information content (AvgIpc) is 2.88. The van der Waals surface area contributed by atoms with E-state index in [1.54, 1.807) is 23.5 Å². The maximum atomic E-state index is 12.3. The first-order valence-corrected chi connectivity index (χ1v) is 8.67. The lowest BCUT2D eigenvalue weighted by atomic mass is 10.0. The van der Waals surface area contributed by atoms with Gasteiger partial charge in [-0.3, -0.25) is 10.1 Å². The number of hydrogen-bond donors (Lipinski definition) is 2. The summed E-state index contributed by atoms with van der Waals surface area (Å²) in [5.74, 6) is -0.106. The molecule has 0 aliphatic heterocycles. The number of amides is 1. The Hall–Kier alpha value is -1.43. The Morgan fingerprint density at radius 2 is 1.83 bits per heavy atom. The molecule has 6 heteroatoms. The maximum absolute atomic E-state index is 12.3. The predicted octanol–water partition coefficient (Wildman–Crippen LogP) is 3.93. The van der Waals surface area contributed by atoms with Crippen LogP contribution in [-0.4, -0.2) is 10.9 Å². The van der Waals surface area contributed by atoms with Gasteiger partial charge in [0.2, 0.25) is 0 Å². The van der Waals surface area contributed by atoms with Gasteiger partial charge in [-0.1, -0.05) is 25.0 Å². The Morgan fingerprint density at radius 1 is 1.13 bits per heavy atom. The minimum absolute atomic E-state index is 0. The van der Waals surface area contributed by atoms with Gasteiger partial charge >= 0.3 is 0 Å². The molecule has 0 spiro atoms. The quantitative estimate of drug-likeness (QED) is 0.880. The number of hydrogen-bond acceptors (Lipinski definition) is 4. The van der Waals surface area contributed by atoms with Crippen LogP contribution in [0.25, 0.3) is 0 Å². The third-order valence-electron chi connectivity index (χ3n) is 4.02. The minimum Gasteiger partial charge on any atom is -0.326 e. The van der Waals surface area contributed by atoms with Crippen LogP contribution in [0, 0.1) is 0 Å². The number of nitrogens with one attached hydrogen (secondary N) is 1. The third-order valence-corrected chi connectivity index (χ3v) is 5.09. The average molecular weight is 352 g/mol. The van der Waals surface area contributed by atoms with E-state index in [1.165, 1.54) is 36.3 Å². The van der Waals surface area contributed by atoms with Crippen LogP contribution in [0.1, 0.15) is 52.2 Å². The van der Waals surface area contributed by atoms with Crippen LogP contribution in [0.5, 0.6) is 0 Å². The van der Waals surface area contributed by atoms with E-state index < -0.39 is 0 Å². The largest absolute Gasteiger partial charge is 0.326 e. The fraction of sp³-hybridized carbons (Fsp3) is 0.412. The highest BCUT2D eigenvalue weighted by Crippen LogP contribution is 2.28. The van der Waals surface area contributed by atoms with Gasteiger partial charge in [0.15, 0.2) is 5.13 Å². The molecule has 0 unspecified atom stereocenters. The van der Waals surface area contributed by atoms with Crippen molar-refractivity contribution >= 4 is 34.8 Å². The van der Waals surface area contributed by atoms with E-state index in [1.807, 2.05) is 12.1 Å². The number of anilines is 1. The normalized spacial score (nSPS) is 14.1. The van der Waals surface area contributed by atoms with Crippen molar-refractivity contribution in [1.29, 1.82) is 0 Å². The molecule has 1 amide bonds. The molecule has 1 aliphatic carbocycles. The van der Waals surface area contributed by atoms with Crippen molar-refractivity contribution in [3.05, 3.63) is 46.0 Å². The van der Waals surface area contributed by atoms with Gasteiger partial charge in [0.1, 0.15) is 0 Å². The van der Waals surface area contributed by atoms with Crippen molar-refractivity contribution in [3.63, 3.8) is 0 Å². The van der Waals surface area contributed by atoms with Gasteiger partial charge in [0, 0.05) is 17.0 Å². The fourth-order valence-corrected chi connectivity index (χ4v) is 3.77. The number of aromatic nitrogens is 1. The summed E-state index contributed by atoms with van der Waals surface area (Å²) in [6.07, 6.45) is 7.13. The molecule has 0 saturated carbocycles. The van der Waals surface area contributed by atoms with E-state index in [-0.39, 0.29) is 18.3 Å². The first-order chi connectivity index (χ1) is 10.8. The second-order valence-corrected chi connectivity index (χ2v) is 6.74. The number of nitrogens with two attached hydrogens (primary N) is 1. The summed E-state index contributed by atoms with van der Waals surface area (Å²) < 4.78 is 0. The SMILES string of the molecule is Cl.NCc1ccc(C(=O)Nc2nc3c(s2)CCCCCC3)cc1. The number of benzene rings is 1. The highest BCUT2D eigenvalue weighted by molar-refractivity contribution is 7.15. The zero-order chi connectivity index (χ0) is 15.4. The number of thiazole rings is 1. The molecular formula is C17H22ClN3OS. The number of carbonyl (C=O) groups is 1. The number of carbonyl (C=O) groups excluding carboxylic acids is 1. The van der Waals surface area contributed by atoms with Crippen molar-refractivity contribution in [1.82, 2.24) is 4.98 Å². The molecule has 1 aromatic carbocycles. The van der Waals surface area contributed by atoms with E-state index in [0.29, 0.717) is 12.1 Å². The van der Waals surface area contributed by atoms with Crippen molar-refractivity contribution in [2.75, 3.05) is 5.32 Å². The minimum atomic E-state index is -0.106. The first-order valence-electron chi connectivity index (χ1n) is 7.85. The summed E-state index contributed by atoms with van der Waals surface area (Å²) in [5, 5.41) is 3.65. The van der Waals surface area contributed by atoms with Crippen LogP contribution >= 0.6 is 23.7 Å². The lowest BCUT2D eigenvalue weighted by Gasteiger charge is -2.06. The standard InChI is InChI=1S/C17H21N3OS.ClH/c18-11-12-7-9-13(10-8-12)16(21)20-17-19-14-5-3-1-2-4-6-15(14)22-17;/h7-10H,1-6,11,18H2,(H,19,20,21);1H. The van der Waals surface area contributed by atoms with Crippen LogP contribution in [0.2, 0.25) is 0 Å². The summed E-state index contributed by atoms with van der Waals surface area (Å²) in [5.41, 5.74) is 8.41. The zero-order valence-electron chi connectivity index (χ0n) is 13.0. The molecule has 4 nitrogen and oxygen atoms in total. The summed E-state index contributed by atoms with van der Waals surface area (Å²) in [6, 6.07) is 7.38. The molecule has 2 aromatic rings. The van der Waals surface area contributed by atoms with Gasteiger partial charge in [-0.15, -0.1) is 23.7 Å². The summed E-state index contributed by atoms with van der Waals surface area (Å²) in [7, 11) is 0. The molecule has 0 bridgehead atoms. The Balaban J connectivity index is 0.00000192. The summed E-state index contributed by atoms with van der Waals surface area (Å²) in [6.45, 7) is 0.487. The number of halogens is 1. The van der Waals surface area contributed by atoms with E-state index in [2.05, 4.69) is 10.3 Å². The van der Waals surface area contributed by atoms with Crippen LogP contribution in [-0.2, 0) is 19.4 Å². The molecule has 0 fully saturated rings. The van der Waals surface area contributed by atoms with Gasteiger partial charge in [-0.2, -0.15) is 0 Å². The maximum Gasteiger partial charge on any atom is 0.257 e. The van der Waals surface area contributed by atoms with Gasteiger partial charge in [0.05, 0.1) is 5.69 Å². The molecule has 1 aliphatic rings. The number of rotatable bonds is 3. The second kappa shape index (κ2) is 8.43. The monoisotopic (exact) mass is 351 g/mol. The van der Waals surface area contributed by atoms with Gasteiger partial charge in [0.25, 0.3) is 5.91 Å². The van der Waals surface area contributed by atoms with Crippen LogP contribution < -0.4 is 11.1 Å². The smallest absolute Gasteiger partial charge is 0.257 e. The Morgan fingerprint density at radius 3 is 2.52 bits per heavy atom. The van der Waals surface area contributed by atoms with Gasteiger partial charge in [-0.05, 0) is 43.4 Å². The molecule has 0 saturated heterocycles. The van der Waals surface area contributed by atoms with Crippen molar-refractivity contribution in [2.24, 2.45) is 5.73 Å². The molecule has 124 valence electrons. The molecule has 23 heavy (non-hydrogen) atoms. The van der Waals surface area contributed by atoms with Crippen molar-refractivity contribution < 1.29 is 4.79 Å². The fourth-order valence-electron chi connectivity index (χ4n) is 2.72. The van der Waals surface area contributed by atoms with Crippen LogP contribution in [0.4, 0.5) is 5.13 Å². The van der Waals surface area contributed by atoms with Gasteiger partial charge in [-0.25, -0.2) is 4.98 Å². The molecule has 1 heterocycles.